The van der Waals surface area contributed by atoms with Gasteiger partial charge in [-0.15, -0.1) is 0 Å². The van der Waals surface area contributed by atoms with Gasteiger partial charge in [0.1, 0.15) is 6.17 Å². The van der Waals surface area contributed by atoms with E-state index in [2.05, 4.69) is 5.32 Å². The lowest BCUT2D eigenvalue weighted by Crippen LogP contribution is -2.42. The van der Waals surface area contributed by atoms with Gasteiger partial charge in [0.05, 0.1) is 5.54 Å². The summed E-state index contributed by atoms with van der Waals surface area (Å²) in [6.45, 7) is 3.72. The van der Waals surface area contributed by atoms with E-state index in [9.17, 15) is 13.6 Å². The van der Waals surface area contributed by atoms with Crippen LogP contribution in [0.4, 0.5) is 8.78 Å². The van der Waals surface area contributed by atoms with Gasteiger partial charge >= 0.3 is 0 Å². The van der Waals surface area contributed by atoms with Crippen LogP contribution in [0.1, 0.15) is 32.0 Å². The quantitative estimate of drug-likeness (QED) is 0.877. The molecule has 1 heterocycles. The first kappa shape index (κ1) is 13.0. The highest BCUT2D eigenvalue weighted by Crippen LogP contribution is 2.31. The predicted molar refractivity (Wildman–Crippen MR) is 63.7 cm³/mol. The Morgan fingerprint density at radius 3 is 2.56 bits per heavy atom. The van der Waals surface area contributed by atoms with Crippen molar-refractivity contribution in [2.45, 2.75) is 32.0 Å². The van der Waals surface area contributed by atoms with Crippen LogP contribution in [0.3, 0.4) is 0 Å². The highest BCUT2D eigenvalue weighted by atomic mass is 19.2. The zero-order valence-electron chi connectivity index (χ0n) is 10.6. The van der Waals surface area contributed by atoms with Crippen LogP contribution in [0, 0.1) is 11.6 Å². The molecule has 2 rings (SSSR count). The molecule has 98 valence electrons. The molecule has 0 saturated carbocycles. The van der Waals surface area contributed by atoms with Crippen molar-refractivity contribution in [2.24, 2.45) is 0 Å². The fourth-order valence-corrected chi connectivity index (χ4v) is 2.21. The highest BCUT2D eigenvalue weighted by Gasteiger charge is 2.45. The number of carbonyl (C=O) groups excluding carboxylic acids is 1. The molecule has 5 heteroatoms. The van der Waals surface area contributed by atoms with E-state index < -0.39 is 23.3 Å². The lowest BCUT2D eigenvalue weighted by molar-refractivity contribution is -0.131. The van der Waals surface area contributed by atoms with Gasteiger partial charge in [0, 0.05) is 7.05 Å². The van der Waals surface area contributed by atoms with E-state index in [4.69, 9.17) is 0 Å². The third-order valence-corrected chi connectivity index (χ3v) is 3.60. The monoisotopic (exact) mass is 254 g/mol. The molecule has 0 aromatic heterocycles. The van der Waals surface area contributed by atoms with Crippen LogP contribution in [0.25, 0.3) is 0 Å². The molecule has 1 aliphatic heterocycles. The molecule has 0 radical (unpaired) electrons. The Morgan fingerprint density at radius 2 is 2.06 bits per heavy atom. The first-order valence-corrected chi connectivity index (χ1v) is 5.89. The van der Waals surface area contributed by atoms with Crippen LogP contribution in [0.15, 0.2) is 18.2 Å². The molecule has 1 aromatic carbocycles. The smallest absolute Gasteiger partial charge is 0.243 e. The molecule has 1 saturated heterocycles. The maximum Gasteiger partial charge on any atom is 0.243 e. The summed E-state index contributed by atoms with van der Waals surface area (Å²) in [5, 5.41) is 3.17. The Bertz CT molecular complexity index is 492. The summed E-state index contributed by atoms with van der Waals surface area (Å²) in [6, 6.07) is 3.69. The van der Waals surface area contributed by atoms with Gasteiger partial charge in [-0.25, -0.2) is 8.78 Å². The van der Waals surface area contributed by atoms with E-state index in [1.54, 1.807) is 7.05 Å². The van der Waals surface area contributed by atoms with Crippen molar-refractivity contribution in [3.63, 3.8) is 0 Å². The summed E-state index contributed by atoms with van der Waals surface area (Å²) in [5.74, 6) is -1.83. The molecule has 1 fully saturated rings. The van der Waals surface area contributed by atoms with E-state index in [0.717, 1.165) is 12.1 Å². The molecule has 1 amide bonds. The number of rotatable bonds is 2. The second-order valence-corrected chi connectivity index (χ2v) is 4.82. The number of nitrogens with zero attached hydrogens (tertiary/aromatic N) is 1. The number of amides is 1. The van der Waals surface area contributed by atoms with Crippen LogP contribution >= 0.6 is 0 Å². The average Bonchev–Trinajstić information content (AvgIpc) is 2.58. The summed E-state index contributed by atoms with van der Waals surface area (Å²) in [4.78, 5) is 13.6. The number of hydrogen-bond acceptors (Lipinski definition) is 2. The molecule has 1 N–H and O–H groups in total. The van der Waals surface area contributed by atoms with Crippen molar-refractivity contribution in [3.05, 3.63) is 35.4 Å². The van der Waals surface area contributed by atoms with Crippen LogP contribution in [0.5, 0.6) is 0 Å². The van der Waals surface area contributed by atoms with Gasteiger partial charge in [0.2, 0.25) is 5.91 Å². The zero-order chi connectivity index (χ0) is 13.5. The third-order valence-electron chi connectivity index (χ3n) is 3.60. The SMILES string of the molecule is CCC1(C)NC(c2ccc(F)c(F)c2)N(C)C1=O. The molecule has 2 unspecified atom stereocenters. The van der Waals surface area contributed by atoms with E-state index in [1.807, 2.05) is 13.8 Å². The second kappa shape index (κ2) is 4.31. The lowest BCUT2D eigenvalue weighted by Gasteiger charge is -2.20. The Morgan fingerprint density at radius 1 is 1.39 bits per heavy atom. The Kier molecular flexibility index (Phi) is 3.11. The van der Waals surface area contributed by atoms with Crippen molar-refractivity contribution in [1.82, 2.24) is 10.2 Å². The molecule has 18 heavy (non-hydrogen) atoms. The van der Waals surface area contributed by atoms with Gasteiger partial charge < -0.3 is 4.90 Å². The van der Waals surface area contributed by atoms with Crippen LogP contribution < -0.4 is 5.32 Å². The second-order valence-electron chi connectivity index (χ2n) is 4.82. The summed E-state index contributed by atoms with van der Waals surface area (Å²) in [5.41, 5.74) is -0.105. The topological polar surface area (TPSA) is 32.3 Å². The first-order chi connectivity index (χ1) is 8.39. The Hall–Kier alpha value is -1.49. The van der Waals surface area contributed by atoms with Crippen LogP contribution in [-0.4, -0.2) is 23.4 Å². The molecule has 1 aliphatic rings. The number of benzene rings is 1. The summed E-state index contributed by atoms with van der Waals surface area (Å²) >= 11 is 0. The molecule has 2 atom stereocenters. The van der Waals surface area contributed by atoms with Crippen molar-refractivity contribution in [1.29, 1.82) is 0 Å². The molecule has 0 spiro atoms. The van der Waals surface area contributed by atoms with Crippen molar-refractivity contribution < 1.29 is 13.6 Å². The fourth-order valence-electron chi connectivity index (χ4n) is 2.21. The minimum atomic E-state index is -0.903. The van der Waals surface area contributed by atoms with Gasteiger partial charge in [-0.1, -0.05) is 13.0 Å². The molecule has 0 bridgehead atoms. The van der Waals surface area contributed by atoms with Gasteiger partial charge in [-0.3, -0.25) is 10.1 Å². The zero-order valence-corrected chi connectivity index (χ0v) is 10.6. The van der Waals surface area contributed by atoms with Gasteiger partial charge in [0.25, 0.3) is 0 Å². The van der Waals surface area contributed by atoms with Crippen molar-refractivity contribution in [3.8, 4) is 0 Å². The number of halogens is 2. The highest BCUT2D eigenvalue weighted by molar-refractivity contribution is 5.88. The summed E-state index contributed by atoms with van der Waals surface area (Å²) < 4.78 is 26.1. The Balaban J connectivity index is 2.35. The van der Waals surface area contributed by atoms with E-state index in [-0.39, 0.29) is 5.91 Å². The minimum absolute atomic E-state index is 0.0419. The normalized spacial score (nSPS) is 27.9. The lowest BCUT2D eigenvalue weighted by atomic mass is 9.99. The standard InChI is InChI=1S/C13H16F2N2O/c1-4-13(2)12(18)17(3)11(16-13)8-5-6-9(14)10(15)7-8/h5-7,11,16H,4H2,1-3H3. The summed E-state index contributed by atoms with van der Waals surface area (Å²) in [7, 11) is 1.65. The average molecular weight is 254 g/mol. The molecular weight excluding hydrogens is 238 g/mol. The van der Waals surface area contributed by atoms with Crippen molar-refractivity contribution in [2.75, 3.05) is 7.05 Å². The van der Waals surface area contributed by atoms with Crippen molar-refractivity contribution >= 4 is 5.91 Å². The van der Waals surface area contributed by atoms with Crippen LogP contribution in [0.2, 0.25) is 0 Å². The number of hydrogen-bond donors (Lipinski definition) is 1. The maximum absolute atomic E-state index is 13.2. The van der Waals surface area contributed by atoms with E-state index in [1.165, 1.54) is 11.0 Å². The van der Waals surface area contributed by atoms with Gasteiger partial charge in [-0.05, 0) is 31.0 Å². The maximum atomic E-state index is 13.2. The number of nitrogens with one attached hydrogen (secondary N) is 1. The van der Waals surface area contributed by atoms with Gasteiger partial charge in [-0.2, -0.15) is 0 Å². The Labute approximate surface area is 105 Å². The molecular formula is C13H16F2N2O. The minimum Gasteiger partial charge on any atom is -0.324 e. The van der Waals surface area contributed by atoms with Crippen LogP contribution in [-0.2, 0) is 4.79 Å². The predicted octanol–water partition coefficient (Wildman–Crippen LogP) is 2.19. The molecule has 1 aromatic rings. The third kappa shape index (κ3) is 1.88. The van der Waals surface area contributed by atoms with E-state index >= 15 is 0 Å². The fraction of sp³-hybridized carbons (Fsp3) is 0.462. The number of carbonyl (C=O) groups is 1. The first-order valence-electron chi connectivity index (χ1n) is 5.89. The molecule has 0 aliphatic carbocycles. The largest absolute Gasteiger partial charge is 0.324 e. The van der Waals surface area contributed by atoms with Gasteiger partial charge in [0.15, 0.2) is 11.6 Å². The molecule has 3 nitrogen and oxygen atoms in total. The van der Waals surface area contributed by atoms with E-state index in [0.29, 0.717) is 12.0 Å². The number of likely N-dealkylation sites (N-methyl/N-ethyl adjacent to an activating group) is 1. The summed E-state index contributed by atoms with van der Waals surface area (Å²) in [6.07, 6.45) is 0.216.